The van der Waals surface area contributed by atoms with Gasteiger partial charge in [-0.05, 0) is 25.3 Å². The first-order valence-corrected chi connectivity index (χ1v) is 5.24. The lowest BCUT2D eigenvalue weighted by atomic mass is 10.1. The molecule has 0 N–H and O–H groups in total. The first-order valence-electron chi connectivity index (χ1n) is 5.24. The Kier molecular flexibility index (Phi) is 3.88. The predicted molar refractivity (Wildman–Crippen MR) is 57.7 cm³/mol. The summed E-state index contributed by atoms with van der Waals surface area (Å²) in [4.78, 5) is 11.5. The fraction of sp³-hybridized carbons (Fsp3) is 0.636. The van der Waals surface area contributed by atoms with Crippen LogP contribution in [-0.2, 0) is 18.2 Å². The first kappa shape index (κ1) is 11.8. The SMILES string of the molecule is CCOC(=O)c1cc(CC(C)C)nn1C. The van der Waals surface area contributed by atoms with Gasteiger partial charge in [0.1, 0.15) is 5.69 Å². The highest BCUT2D eigenvalue weighted by molar-refractivity contribution is 5.87. The van der Waals surface area contributed by atoms with Gasteiger partial charge in [-0.25, -0.2) is 4.79 Å². The molecule has 0 fully saturated rings. The molecule has 1 rings (SSSR count). The van der Waals surface area contributed by atoms with Crippen LogP contribution in [0, 0.1) is 5.92 Å². The molecular weight excluding hydrogens is 192 g/mol. The van der Waals surface area contributed by atoms with Crippen molar-refractivity contribution >= 4 is 5.97 Å². The van der Waals surface area contributed by atoms with Crippen LogP contribution in [0.2, 0.25) is 0 Å². The lowest BCUT2D eigenvalue weighted by molar-refractivity contribution is 0.0513. The molecule has 1 heterocycles. The first-order chi connectivity index (χ1) is 7.04. The fourth-order valence-electron chi connectivity index (χ4n) is 1.44. The molecule has 84 valence electrons. The van der Waals surface area contributed by atoms with E-state index in [-0.39, 0.29) is 5.97 Å². The lowest BCUT2D eigenvalue weighted by Crippen LogP contribution is -2.10. The molecule has 0 saturated carbocycles. The maximum Gasteiger partial charge on any atom is 0.356 e. The Labute approximate surface area is 90.2 Å². The molecular formula is C11H18N2O2. The largest absolute Gasteiger partial charge is 0.461 e. The van der Waals surface area contributed by atoms with Crippen molar-refractivity contribution in [2.45, 2.75) is 27.2 Å². The molecule has 0 bridgehead atoms. The molecule has 0 aliphatic carbocycles. The zero-order chi connectivity index (χ0) is 11.4. The van der Waals surface area contributed by atoms with Gasteiger partial charge in [-0.15, -0.1) is 0 Å². The van der Waals surface area contributed by atoms with Crippen LogP contribution in [0.4, 0.5) is 0 Å². The van der Waals surface area contributed by atoms with Crippen molar-refractivity contribution in [3.8, 4) is 0 Å². The summed E-state index contributed by atoms with van der Waals surface area (Å²) in [5.41, 5.74) is 1.46. The minimum absolute atomic E-state index is 0.303. The van der Waals surface area contributed by atoms with E-state index in [0.717, 1.165) is 12.1 Å². The third-order valence-electron chi connectivity index (χ3n) is 2.03. The quantitative estimate of drug-likeness (QED) is 0.712. The van der Waals surface area contributed by atoms with Crippen molar-refractivity contribution in [1.29, 1.82) is 0 Å². The van der Waals surface area contributed by atoms with Crippen LogP contribution in [0.5, 0.6) is 0 Å². The minimum atomic E-state index is -0.303. The van der Waals surface area contributed by atoms with E-state index >= 15 is 0 Å². The summed E-state index contributed by atoms with van der Waals surface area (Å²) in [6, 6.07) is 1.80. The molecule has 0 aliphatic rings. The van der Waals surface area contributed by atoms with Gasteiger partial charge in [0, 0.05) is 7.05 Å². The number of esters is 1. The molecule has 0 spiro atoms. The topological polar surface area (TPSA) is 44.1 Å². The maximum atomic E-state index is 11.5. The Balaban J connectivity index is 2.81. The highest BCUT2D eigenvalue weighted by Gasteiger charge is 2.14. The Bertz CT molecular complexity index is 342. The summed E-state index contributed by atoms with van der Waals surface area (Å²) in [5.74, 6) is 0.234. The van der Waals surface area contributed by atoms with Crippen molar-refractivity contribution in [3.63, 3.8) is 0 Å². The molecule has 0 aromatic carbocycles. The van der Waals surface area contributed by atoms with Gasteiger partial charge in [-0.2, -0.15) is 5.10 Å². The Morgan fingerprint density at radius 3 is 2.80 bits per heavy atom. The summed E-state index contributed by atoms with van der Waals surface area (Å²) in [7, 11) is 1.76. The number of rotatable bonds is 4. The number of ether oxygens (including phenoxy) is 1. The van der Waals surface area contributed by atoms with Crippen LogP contribution in [0.15, 0.2) is 6.07 Å². The van der Waals surface area contributed by atoms with Crippen molar-refractivity contribution in [1.82, 2.24) is 9.78 Å². The van der Waals surface area contributed by atoms with Crippen LogP contribution in [0.3, 0.4) is 0 Å². The fourth-order valence-corrected chi connectivity index (χ4v) is 1.44. The van der Waals surface area contributed by atoms with E-state index in [0.29, 0.717) is 18.2 Å². The van der Waals surface area contributed by atoms with Gasteiger partial charge in [0.25, 0.3) is 0 Å². The van der Waals surface area contributed by atoms with Crippen LogP contribution < -0.4 is 0 Å². The second-order valence-electron chi connectivity index (χ2n) is 3.96. The summed E-state index contributed by atoms with van der Waals surface area (Å²) < 4.78 is 6.51. The van der Waals surface area contributed by atoms with E-state index in [1.54, 1.807) is 24.7 Å². The molecule has 0 radical (unpaired) electrons. The molecule has 4 nitrogen and oxygen atoms in total. The summed E-state index contributed by atoms with van der Waals surface area (Å²) in [5, 5.41) is 4.27. The average molecular weight is 210 g/mol. The van der Waals surface area contributed by atoms with Crippen LogP contribution >= 0.6 is 0 Å². The van der Waals surface area contributed by atoms with Crippen molar-refractivity contribution in [2.75, 3.05) is 6.61 Å². The molecule has 1 aromatic rings. The second-order valence-corrected chi connectivity index (χ2v) is 3.96. The number of nitrogens with zero attached hydrogens (tertiary/aromatic N) is 2. The van der Waals surface area contributed by atoms with Crippen molar-refractivity contribution < 1.29 is 9.53 Å². The maximum absolute atomic E-state index is 11.5. The lowest BCUT2D eigenvalue weighted by Gasteiger charge is -2.00. The molecule has 0 unspecified atom stereocenters. The van der Waals surface area contributed by atoms with E-state index in [9.17, 15) is 4.79 Å². The zero-order valence-electron chi connectivity index (χ0n) is 9.78. The number of aryl methyl sites for hydroxylation is 1. The predicted octanol–water partition coefficient (Wildman–Crippen LogP) is 1.80. The van der Waals surface area contributed by atoms with Crippen LogP contribution in [0.1, 0.15) is 37.0 Å². The molecule has 0 amide bonds. The van der Waals surface area contributed by atoms with Crippen LogP contribution in [-0.4, -0.2) is 22.4 Å². The molecule has 0 saturated heterocycles. The van der Waals surface area contributed by atoms with Gasteiger partial charge < -0.3 is 4.74 Å². The third-order valence-corrected chi connectivity index (χ3v) is 2.03. The Morgan fingerprint density at radius 2 is 2.27 bits per heavy atom. The molecule has 0 atom stereocenters. The van der Waals surface area contributed by atoms with Gasteiger partial charge in [-0.1, -0.05) is 13.8 Å². The molecule has 15 heavy (non-hydrogen) atoms. The van der Waals surface area contributed by atoms with Gasteiger partial charge in [-0.3, -0.25) is 4.68 Å². The van der Waals surface area contributed by atoms with Crippen molar-refractivity contribution in [2.24, 2.45) is 13.0 Å². The molecule has 0 aliphatic heterocycles. The number of hydrogen-bond acceptors (Lipinski definition) is 3. The Morgan fingerprint density at radius 1 is 1.60 bits per heavy atom. The number of carbonyl (C=O) groups excluding carboxylic acids is 1. The highest BCUT2D eigenvalue weighted by Crippen LogP contribution is 2.09. The summed E-state index contributed by atoms with van der Waals surface area (Å²) in [6.45, 7) is 6.43. The zero-order valence-corrected chi connectivity index (χ0v) is 9.78. The van der Waals surface area contributed by atoms with Gasteiger partial charge in [0.05, 0.1) is 12.3 Å². The molecule has 4 heteroatoms. The second kappa shape index (κ2) is 4.96. The third kappa shape index (κ3) is 3.08. The van der Waals surface area contributed by atoms with E-state index < -0.39 is 0 Å². The molecule has 1 aromatic heterocycles. The number of aromatic nitrogens is 2. The smallest absolute Gasteiger partial charge is 0.356 e. The van der Waals surface area contributed by atoms with Gasteiger partial charge in [0.2, 0.25) is 0 Å². The number of carbonyl (C=O) groups is 1. The van der Waals surface area contributed by atoms with Gasteiger partial charge in [0.15, 0.2) is 0 Å². The van der Waals surface area contributed by atoms with Crippen LogP contribution in [0.25, 0.3) is 0 Å². The summed E-state index contributed by atoms with van der Waals surface area (Å²) in [6.07, 6.45) is 0.882. The monoisotopic (exact) mass is 210 g/mol. The van der Waals surface area contributed by atoms with E-state index in [1.807, 2.05) is 0 Å². The van der Waals surface area contributed by atoms with E-state index in [2.05, 4.69) is 18.9 Å². The highest BCUT2D eigenvalue weighted by atomic mass is 16.5. The minimum Gasteiger partial charge on any atom is -0.461 e. The average Bonchev–Trinajstić information content (AvgIpc) is 2.46. The standard InChI is InChI=1S/C11H18N2O2/c1-5-15-11(14)10-7-9(6-8(2)3)12-13(10)4/h7-8H,5-6H2,1-4H3. The summed E-state index contributed by atoms with van der Waals surface area (Å²) >= 11 is 0. The normalized spacial score (nSPS) is 10.7. The van der Waals surface area contributed by atoms with E-state index in [4.69, 9.17) is 4.74 Å². The Hall–Kier alpha value is -1.32. The number of hydrogen-bond donors (Lipinski definition) is 0. The van der Waals surface area contributed by atoms with E-state index in [1.165, 1.54) is 0 Å². The van der Waals surface area contributed by atoms with Gasteiger partial charge >= 0.3 is 5.97 Å². The van der Waals surface area contributed by atoms with Crippen molar-refractivity contribution in [3.05, 3.63) is 17.5 Å².